The minimum atomic E-state index is 0. The second kappa shape index (κ2) is 9.02. The smallest absolute Gasteiger partial charge is 0.190 e. The SMILES string of the molecule is Br.CCN(CC)c1ccc(-c2csc(N(C)c3ccccc3)n2)cc1. The summed E-state index contributed by atoms with van der Waals surface area (Å²) in [7, 11) is 2.06. The Hall–Kier alpha value is -1.85. The van der Waals surface area contributed by atoms with E-state index in [1.807, 2.05) is 18.2 Å². The first kappa shape index (κ1) is 19.5. The second-order valence-corrected chi connectivity index (χ2v) is 6.47. The number of hydrogen-bond acceptors (Lipinski definition) is 4. The van der Waals surface area contributed by atoms with E-state index in [0.717, 1.165) is 35.2 Å². The predicted molar refractivity (Wildman–Crippen MR) is 116 cm³/mol. The van der Waals surface area contributed by atoms with Gasteiger partial charge in [0.25, 0.3) is 0 Å². The maximum absolute atomic E-state index is 4.80. The van der Waals surface area contributed by atoms with Crippen LogP contribution >= 0.6 is 28.3 Å². The third-order valence-electron chi connectivity index (χ3n) is 4.21. The van der Waals surface area contributed by atoms with Gasteiger partial charge in [-0.25, -0.2) is 4.98 Å². The van der Waals surface area contributed by atoms with E-state index in [9.17, 15) is 0 Å². The number of nitrogens with zero attached hydrogens (tertiary/aromatic N) is 3. The Morgan fingerprint density at radius 3 is 2.12 bits per heavy atom. The van der Waals surface area contributed by atoms with Crippen molar-refractivity contribution in [2.24, 2.45) is 0 Å². The van der Waals surface area contributed by atoms with E-state index in [4.69, 9.17) is 4.98 Å². The Labute approximate surface area is 164 Å². The third kappa shape index (κ3) is 4.41. The average Bonchev–Trinajstić information content (AvgIpc) is 3.13. The fourth-order valence-electron chi connectivity index (χ4n) is 2.74. The molecule has 0 atom stereocenters. The quantitative estimate of drug-likeness (QED) is 0.489. The van der Waals surface area contributed by atoms with E-state index in [0.29, 0.717) is 0 Å². The highest BCUT2D eigenvalue weighted by atomic mass is 79.9. The molecule has 3 aromatic rings. The van der Waals surface area contributed by atoms with Crippen LogP contribution in [0.5, 0.6) is 0 Å². The van der Waals surface area contributed by atoms with Crippen LogP contribution in [0, 0.1) is 0 Å². The number of thiazole rings is 1. The van der Waals surface area contributed by atoms with Gasteiger partial charge in [-0.3, -0.25) is 0 Å². The minimum absolute atomic E-state index is 0. The molecule has 0 saturated carbocycles. The highest BCUT2D eigenvalue weighted by Gasteiger charge is 2.10. The van der Waals surface area contributed by atoms with Crippen molar-refractivity contribution >= 4 is 44.8 Å². The van der Waals surface area contributed by atoms with Crippen LogP contribution in [0.4, 0.5) is 16.5 Å². The zero-order chi connectivity index (χ0) is 16.9. The van der Waals surface area contributed by atoms with Crippen LogP contribution in [-0.2, 0) is 0 Å². The van der Waals surface area contributed by atoms with E-state index in [1.165, 1.54) is 5.69 Å². The lowest BCUT2D eigenvalue weighted by Crippen LogP contribution is -2.21. The van der Waals surface area contributed by atoms with Gasteiger partial charge >= 0.3 is 0 Å². The lowest BCUT2D eigenvalue weighted by Gasteiger charge is -2.21. The van der Waals surface area contributed by atoms with E-state index < -0.39 is 0 Å². The molecule has 0 bridgehead atoms. The lowest BCUT2D eigenvalue weighted by atomic mass is 10.1. The normalized spacial score (nSPS) is 10.2. The first-order chi connectivity index (χ1) is 11.7. The van der Waals surface area contributed by atoms with Crippen LogP contribution in [0.1, 0.15) is 13.8 Å². The van der Waals surface area contributed by atoms with E-state index >= 15 is 0 Å². The van der Waals surface area contributed by atoms with Gasteiger partial charge in [0.15, 0.2) is 5.13 Å². The highest BCUT2D eigenvalue weighted by Crippen LogP contribution is 2.31. The number of halogens is 1. The molecule has 0 saturated heterocycles. The van der Waals surface area contributed by atoms with Crippen LogP contribution in [-0.4, -0.2) is 25.1 Å². The summed E-state index contributed by atoms with van der Waals surface area (Å²) in [4.78, 5) is 9.27. The van der Waals surface area contributed by atoms with Crippen LogP contribution < -0.4 is 9.80 Å². The van der Waals surface area contributed by atoms with Crippen LogP contribution in [0.3, 0.4) is 0 Å². The predicted octanol–water partition coefficient (Wildman–Crippen LogP) is 6.00. The van der Waals surface area contributed by atoms with Gasteiger partial charge in [-0.1, -0.05) is 30.3 Å². The van der Waals surface area contributed by atoms with Gasteiger partial charge in [0.1, 0.15) is 0 Å². The number of rotatable bonds is 6. The standard InChI is InChI=1S/C20H23N3S.BrH/c1-4-23(5-2)18-13-11-16(12-14-18)19-15-24-20(21-19)22(3)17-9-7-6-8-10-17;/h6-15H,4-5H2,1-3H3;1H. The number of para-hydroxylation sites is 1. The summed E-state index contributed by atoms with van der Waals surface area (Å²) in [6, 6.07) is 19.0. The zero-order valence-electron chi connectivity index (χ0n) is 14.8. The molecule has 25 heavy (non-hydrogen) atoms. The summed E-state index contributed by atoms with van der Waals surface area (Å²) in [5.41, 5.74) is 4.61. The molecule has 0 unspecified atom stereocenters. The van der Waals surface area contributed by atoms with Crippen LogP contribution in [0.25, 0.3) is 11.3 Å². The summed E-state index contributed by atoms with van der Waals surface area (Å²) >= 11 is 1.67. The van der Waals surface area contributed by atoms with Gasteiger partial charge in [0.2, 0.25) is 0 Å². The maximum Gasteiger partial charge on any atom is 0.190 e. The molecule has 0 aliphatic carbocycles. The largest absolute Gasteiger partial charge is 0.372 e. The van der Waals surface area contributed by atoms with Crippen molar-refractivity contribution in [1.82, 2.24) is 4.98 Å². The van der Waals surface area contributed by atoms with Crippen molar-refractivity contribution in [2.75, 3.05) is 29.9 Å². The molecular formula is C20H24BrN3S. The van der Waals surface area contributed by atoms with Crippen molar-refractivity contribution < 1.29 is 0 Å². The molecule has 132 valence electrons. The van der Waals surface area contributed by atoms with Gasteiger partial charge in [-0.05, 0) is 38.1 Å². The van der Waals surface area contributed by atoms with Crippen molar-refractivity contribution in [3.63, 3.8) is 0 Å². The Morgan fingerprint density at radius 1 is 0.880 bits per heavy atom. The first-order valence-corrected chi connectivity index (χ1v) is 9.20. The molecule has 1 heterocycles. The molecule has 0 aliphatic rings. The Bertz CT molecular complexity index is 767. The van der Waals surface area contributed by atoms with Crippen molar-refractivity contribution in [2.45, 2.75) is 13.8 Å². The Balaban J connectivity index is 0.00000225. The number of aromatic nitrogens is 1. The van der Waals surface area contributed by atoms with E-state index in [2.05, 4.69) is 72.5 Å². The lowest BCUT2D eigenvalue weighted by molar-refractivity contribution is 0.866. The molecule has 0 spiro atoms. The summed E-state index contributed by atoms with van der Waals surface area (Å²) < 4.78 is 0. The van der Waals surface area contributed by atoms with Gasteiger partial charge < -0.3 is 9.80 Å². The molecule has 0 aliphatic heterocycles. The summed E-state index contributed by atoms with van der Waals surface area (Å²) in [5, 5.41) is 3.13. The average molecular weight is 418 g/mol. The number of anilines is 3. The summed E-state index contributed by atoms with van der Waals surface area (Å²) in [5.74, 6) is 0. The minimum Gasteiger partial charge on any atom is -0.372 e. The zero-order valence-corrected chi connectivity index (χ0v) is 17.4. The molecule has 3 rings (SSSR count). The van der Waals surface area contributed by atoms with Crippen molar-refractivity contribution in [3.8, 4) is 11.3 Å². The highest BCUT2D eigenvalue weighted by molar-refractivity contribution is 8.93. The van der Waals surface area contributed by atoms with Gasteiger partial charge in [0.05, 0.1) is 5.69 Å². The monoisotopic (exact) mass is 417 g/mol. The molecule has 0 radical (unpaired) electrons. The first-order valence-electron chi connectivity index (χ1n) is 8.32. The van der Waals surface area contributed by atoms with Crippen LogP contribution in [0.15, 0.2) is 60.0 Å². The molecule has 5 heteroatoms. The number of benzene rings is 2. The molecule has 3 nitrogen and oxygen atoms in total. The van der Waals surface area contributed by atoms with Gasteiger partial charge in [-0.15, -0.1) is 28.3 Å². The second-order valence-electron chi connectivity index (χ2n) is 5.63. The molecule has 0 fully saturated rings. The van der Waals surface area contributed by atoms with Crippen molar-refractivity contribution in [1.29, 1.82) is 0 Å². The van der Waals surface area contributed by atoms with Gasteiger partial charge in [0, 0.05) is 42.5 Å². The molecule has 2 aromatic carbocycles. The topological polar surface area (TPSA) is 19.4 Å². The summed E-state index contributed by atoms with van der Waals surface area (Å²) in [6.07, 6.45) is 0. The molecule has 1 aromatic heterocycles. The van der Waals surface area contributed by atoms with Crippen molar-refractivity contribution in [3.05, 3.63) is 60.0 Å². The molecule has 0 N–H and O–H groups in total. The van der Waals surface area contributed by atoms with Gasteiger partial charge in [-0.2, -0.15) is 0 Å². The molecular weight excluding hydrogens is 394 g/mol. The number of hydrogen-bond donors (Lipinski definition) is 0. The van der Waals surface area contributed by atoms with E-state index in [1.54, 1.807) is 11.3 Å². The maximum atomic E-state index is 4.80. The van der Waals surface area contributed by atoms with E-state index in [-0.39, 0.29) is 17.0 Å². The fraction of sp³-hybridized carbons (Fsp3) is 0.250. The third-order valence-corrected chi connectivity index (χ3v) is 5.13. The summed E-state index contributed by atoms with van der Waals surface area (Å²) in [6.45, 7) is 6.42. The fourth-order valence-corrected chi connectivity index (χ4v) is 3.57. The Kier molecular flexibility index (Phi) is 7.02. The Morgan fingerprint density at radius 2 is 1.52 bits per heavy atom. The van der Waals surface area contributed by atoms with Crippen LogP contribution in [0.2, 0.25) is 0 Å². The molecule has 0 amide bonds.